The standard InChI is InChI=1S/C16H15N5O2/c1-8-14-11(15(22)19-10-4-5-13(17)18-7-10)6-12(9-2-3-9)20-16(14)23-21-8/h4-7,9H,2-3H2,1H3,(H2,17,18)(H,19,22). The first kappa shape index (κ1) is 13.7. The van der Waals surface area contributed by atoms with Crippen molar-refractivity contribution in [1.29, 1.82) is 0 Å². The summed E-state index contributed by atoms with van der Waals surface area (Å²) in [5, 5.41) is 7.41. The van der Waals surface area contributed by atoms with Crippen molar-refractivity contribution < 1.29 is 9.32 Å². The van der Waals surface area contributed by atoms with E-state index in [2.05, 4.69) is 20.4 Å². The van der Waals surface area contributed by atoms with Gasteiger partial charge in [0.05, 0.1) is 28.5 Å². The van der Waals surface area contributed by atoms with Gasteiger partial charge in [0.15, 0.2) is 0 Å². The van der Waals surface area contributed by atoms with E-state index in [1.807, 2.05) is 6.07 Å². The van der Waals surface area contributed by atoms with E-state index in [1.54, 1.807) is 19.1 Å². The quantitative estimate of drug-likeness (QED) is 0.770. The van der Waals surface area contributed by atoms with E-state index in [0.717, 1.165) is 18.5 Å². The van der Waals surface area contributed by atoms with Gasteiger partial charge in [-0.3, -0.25) is 4.79 Å². The first-order valence-electron chi connectivity index (χ1n) is 7.41. The van der Waals surface area contributed by atoms with Crippen molar-refractivity contribution in [2.75, 3.05) is 11.1 Å². The van der Waals surface area contributed by atoms with Gasteiger partial charge in [-0.15, -0.1) is 0 Å². The zero-order chi connectivity index (χ0) is 16.0. The Kier molecular flexibility index (Phi) is 3.00. The summed E-state index contributed by atoms with van der Waals surface area (Å²) in [5.41, 5.74) is 8.60. The molecule has 0 bridgehead atoms. The number of pyridine rings is 2. The number of nitrogens with zero attached hydrogens (tertiary/aromatic N) is 3. The topological polar surface area (TPSA) is 107 Å². The van der Waals surface area contributed by atoms with Gasteiger partial charge in [0.2, 0.25) is 0 Å². The first-order valence-corrected chi connectivity index (χ1v) is 7.41. The minimum atomic E-state index is -0.239. The molecular weight excluding hydrogens is 294 g/mol. The van der Waals surface area contributed by atoms with E-state index in [-0.39, 0.29) is 5.91 Å². The molecule has 1 aliphatic carbocycles. The Morgan fingerprint density at radius 1 is 1.39 bits per heavy atom. The Bertz CT molecular complexity index is 897. The van der Waals surface area contributed by atoms with E-state index < -0.39 is 0 Å². The highest BCUT2D eigenvalue weighted by molar-refractivity contribution is 6.12. The van der Waals surface area contributed by atoms with Crippen molar-refractivity contribution in [2.24, 2.45) is 0 Å². The van der Waals surface area contributed by atoms with Crippen LogP contribution in [0, 0.1) is 6.92 Å². The Balaban J connectivity index is 1.75. The molecule has 116 valence electrons. The number of carbonyl (C=O) groups excluding carboxylic acids is 1. The maximum atomic E-state index is 12.7. The number of aromatic nitrogens is 3. The van der Waals surface area contributed by atoms with Crippen LogP contribution in [-0.2, 0) is 0 Å². The molecule has 0 atom stereocenters. The lowest BCUT2D eigenvalue weighted by Gasteiger charge is -2.07. The highest BCUT2D eigenvalue weighted by atomic mass is 16.5. The molecule has 0 saturated heterocycles. The number of aryl methyl sites for hydroxylation is 1. The molecule has 0 aromatic carbocycles. The van der Waals surface area contributed by atoms with E-state index in [9.17, 15) is 4.79 Å². The number of nitrogen functional groups attached to an aromatic ring is 1. The van der Waals surface area contributed by atoms with E-state index in [0.29, 0.717) is 39.8 Å². The van der Waals surface area contributed by atoms with Crippen LogP contribution in [0.15, 0.2) is 28.9 Å². The van der Waals surface area contributed by atoms with Crippen LogP contribution >= 0.6 is 0 Å². The monoisotopic (exact) mass is 309 g/mol. The van der Waals surface area contributed by atoms with Crippen LogP contribution in [0.4, 0.5) is 11.5 Å². The largest absolute Gasteiger partial charge is 0.384 e. The number of hydrogen-bond donors (Lipinski definition) is 2. The molecular formula is C16H15N5O2. The number of hydrogen-bond acceptors (Lipinski definition) is 6. The van der Waals surface area contributed by atoms with Gasteiger partial charge < -0.3 is 15.6 Å². The average molecular weight is 309 g/mol. The normalized spacial score (nSPS) is 14.1. The van der Waals surface area contributed by atoms with Gasteiger partial charge in [0.25, 0.3) is 11.6 Å². The molecule has 3 aromatic rings. The summed E-state index contributed by atoms with van der Waals surface area (Å²) in [6, 6.07) is 5.18. The van der Waals surface area contributed by atoms with Crippen molar-refractivity contribution in [3.05, 3.63) is 41.3 Å². The highest BCUT2D eigenvalue weighted by Gasteiger charge is 2.28. The predicted molar refractivity (Wildman–Crippen MR) is 85.1 cm³/mol. The average Bonchev–Trinajstić information content (AvgIpc) is 3.33. The summed E-state index contributed by atoms with van der Waals surface area (Å²) in [6.07, 6.45) is 3.71. The molecule has 0 radical (unpaired) electrons. The molecule has 3 N–H and O–H groups in total. The minimum absolute atomic E-state index is 0.239. The number of rotatable bonds is 3. The zero-order valence-electron chi connectivity index (χ0n) is 12.5. The number of anilines is 2. The second-order valence-electron chi connectivity index (χ2n) is 5.74. The lowest BCUT2D eigenvalue weighted by atomic mass is 10.1. The van der Waals surface area contributed by atoms with Crippen molar-refractivity contribution in [3.8, 4) is 0 Å². The third-order valence-corrected chi connectivity index (χ3v) is 3.92. The fraction of sp³-hybridized carbons (Fsp3) is 0.250. The fourth-order valence-corrected chi connectivity index (χ4v) is 2.56. The summed E-state index contributed by atoms with van der Waals surface area (Å²) >= 11 is 0. The maximum Gasteiger partial charge on any atom is 0.259 e. The van der Waals surface area contributed by atoms with Gasteiger partial charge in [-0.1, -0.05) is 5.16 Å². The number of fused-ring (bicyclic) bond motifs is 1. The van der Waals surface area contributed by atoms with Gasteiger partial charge >= 0.3 is 0 Å². The van der Waals surface area contributed by atoms with Crippen molar-refractivity contribution in [1.82, 2.24) is 15.1 Å². The number of amides is 1. The van der Waals surface area contributed by atoms with Crippen molar-refractivity contribution >= 4 is 28.5 Å². The SMILES string of the molecule is Cc1noc2nc(C3CC3)cc(C(=O)Nc3ccc(N)nc3)c12. The minimum Gasteiger partial charge on any atom is -0.384 e. The molecule has 7 heteroatoms. The maximum absolute atomic E-state index is 12.7. The van der Waals surface area contributed by atoms with E-state index in [1.165, 1.54) is 6.20 Å². The number of nitrogens with one attached hydrogen (secondary N) is 1. The molecule has 23 heavy (non-hydrogen) atoms. The molecule has 0 aliphatic heterocycles. The van der Waals surface area contributed by atoms with Crippen LogP contribution in [0.25, 0.3) is 11.1 Å². The first-order chi connectivity index (χ1) is 11.1. The number of nitrogens with two attached hydrogens (primary N) is 1. The molecule has 3 aromatic heterocycles. The predicted octanol–water partition coefficient (Wildman–Crippen LogP) is 2.64. The van der Waals surface area contributed by atoms with Crippen LogP contribution in [0.3, 0.4) is 0 Å². The zero-order valence-corrected chi connectivity index (χ0v) is 12.5. The molecule has 1 amide bonds. The van der Waals surface area contributed by atoms with Crippen molar-refractivity contribution in [2.45, 2.75) is 25.7 Å². The van der Waals surface area contributed by atoms with Gasteiger partial charge in [-0.25, -0.2) is 9.97 Å². The summed E-state index contributed by atoms with van der Waals surface area (Å²) in [5.74, 6) is 0.576. The van der Waals surface area contributed by atoms with E-state index in [4.69, 9.17) is 10.3 Å². The lowest BCUT2D eigenvalue weighted by molar-refractivity contribution is 0.102. The summed E-state index contributed by atoms with van der Waals surface area (Å²) in [4.78, 5) is 21.1. The molecule has 0 unspecified atom stereocenters. The Morgan fingerprint density at radius 2 is 2.22 bits per heavy atom. The molecule has 7 nitrogen and oxygen atoms in total. The summed E-state index contributed by atoms with van der Waals surface area (Å²) in [6.45, 7) is 1.80. The molecule has 3 heterocycles. The van der Waals surface area contributed by atoms with Gasteiger partial charge in [0.1, 0.15) is 5.82 Å². The number of carbonyl (C=O) groups is 1. The molecule has 1 aliphatic rings. The Morgan fingerprint density at radius 3 is 2.91 bits per heavy atom. The van der Waals surface area contributed by atoms with Crippen LogP contribution in [0.5, 0.6) is 0 Å². The van der Waals surface area contributed by atoms with Crippen LogP contribution in [0.2, 0.25) is 0 Å². The summed E-state index contributed by atoms with van der Waals surface area (Å²) < 4.78 is 5.25. The smallest absolute Gasteiger partial charge is 0.259 e. The van der Waals surface area contributed by atoms with Gasteiger partial charge in [-0.2, -0.15) is 0 Å². The van der Waals surface area contributed by atoms with Crippen LogP contribution in [-0.4, -0.2) is 21.0 Å². The second kappa shape index (κ2) is 5.05. The third kappa shape index (κ3) is 2.50. The summed E-state index contributed by atoms with van der Waals surface area (Å²) in [7, 11) is 0. The van der Waals surface area contributed by atoms with E-state index >= 15 is 0 Å². The second-order valence-corrected chi connectivity index (χ2v) is 5.74. The molecule has 0 spiro atoms. The lowest BCUT2D eigenvalue weighted by Crippen LogP contribution is -2.13. The fourth-order valence-electron chi connectivity index (χ4n) is 2.56. The highest BCUT2D eigenvalue weighted by Crippen LogP contribution is 2.40. The van der Waals surface area contributed by atoms with Crippen LogP contribution in [0.1, 0.15) is 40.5 Å². The molecule has 1 fully saturated rings. The Labute approximate surface area is 131 Å². The Hall–Kier alpha value is -2.96. The molecule has 1 saturated carbocycles. The molecule has 4 rings (SSSR count). The van der Waals surface area contributed by atoms with Gasteiger partial charge in [-0.05, 0) is 38.0 Å². The van der Waals surface area contributed by atoms with Crippen LogP contribution < -0.4 is 11.1 Å². The van der Waals surface area contributed by atoms with Gasteiger partial charge in [0, 0.05) is 11.6 Å². The van der Waals surface area contributed by atoms with Crippen molar-refractivity contribution in [3.63, 3.8) is 0 Å². The third-order valence-electron chi connectivity index (χ3n) is 3.92.